The maximum atomic E-state index is 11.5. The molecule has 0 aromatic carbocycles. The van der Waals surface area contributed by atoms with Gasteiger partial charge in [-0.3, -0.25) is 4.79 Å². The average Bonchev–Trinajstić information content (AvgIpc) is 1.97. The van der Waals surface area contributed by atoms with Gasteiger partial charge in [-0.05, 0) is 6.54 Å². The van der Waals surface area contributed by atoms with Crippen LogP contribution in [0, 0.1) is 0 Å². The molecule has 0 unspecified atom stereocenters. The fourth-order valence-electron chi connectivity index (χ4n) is 0.492. The molecule has 0 aromatic heterocycles. The van der Waals surface area contributed by atoms with Gasteiger partial charge in [0.05, 0.1) is 13.1 Å². The smallest absolute Gasteiger partial charge is 0.255 e. The molecule has 0 aliphatic carbocycles. The summed E-state index contributed by atoms with van der Waals surface area (Å²) in [7, 11) is 0. The Kier molecular flexibility index (Phi) is 5.64. The van der Waals surface area contributed by atoms with E-state index in [1.165, 1.54) is 0 Å². The molecule has 0 radical (unpaired) electrons. The second-order valence-corrected chi connectivity index (χ2v) is 1.98. The second-order valence-electron chi connectivity index (χ2n) is 1.98. The van der Waals surface area contributed by atoms with Gasteiger partial charge in [0.25, 0.3) is 6.43 Å². The molecule has 0 aliphatic rings. The monoisotopic (exact) mass is 166 g/mol. The minimum absolute atomic E-state index is 0.100. The Morgan fingerprint density at radius 3 is 2.64 bits per heavy atom. The van der Waals surface area contributed by atoms with E-state index in [1.54, 1.807) is 0 Å². The molecule has 0 fully saturated rings. The molecule has 0 heterocycles. The molecule has 11 heavy (non-hydrogen) atoms. The topological polar surface area (TPSA) is 41.1 Å². The molecule has 0 aliphatic heterocycles. The molecule has 0 saturated heterocycles. The zero-order valence-corrected chi connectivity index (χ0v) is 6.36. The van der Waals surface area contributed by atoms with E-state index in [2.05, 4.69) is 10.6 Å². The van der Waals surface area contributed by atoms with Gasteiger partial charge in [-0.15, -0.1) is 0 Å². The minimum Gasteiger partial charge on any atom is -0.349 e. The SMILES string of the molecule is CCNCC(=O)NCC(F)F. The Balaban J connectivity index is 3.23. The van der Waals surface area contributed by atoms with Crippen LogP contribution in [0.5, 0.6) is 0 Å². The molecular weight excluding hydrogens is 154 g/mol. The van der Waals surface area contributed by atoms with Crippen LogP contribution in [0.2, 0.25) is 0 Å². The van der Waals surface area contributed by atoms with E-state index in [0.29, 0.717) is 6.54 Å². The van der Waals surface area contributed by atoms with E-state index < -0.39 is 18.9 Å². The number of hydrogen-bond acceptors (Lipinski definition) is 2. The highest BCUT2D eigenvalue weighted by Gasteiger charge is 2.04. The lowest BCUT2D eigenvalue weighted by Crippen LogP contribution is -2.36. The second kappa shape index (κ2) is 6.03. The van der Waals surface area contributed by atoms with E-state index in [9.17, 15) is 13.6 Å². The van der Waals surface area contributed by atoms with Crippen LogP contribution in [-0.2, 0) is 4.79 Å². The van der Waals surface area contributed by atoms with Crippen molar-refractivity contribution < 1.29 is 13.6 Å². The normalized spacial score (nSPS) is 10.2. The lowest BCUT2D eigenvalue weighted by molar-refractivity contribution is -0.120. The van der Waals surface area contributed by atoms with Crippen LogP contribution in [0.1, 0.15) is 6.92 Å². The number of halogens is 2. The molecule has 0 spiro atoms. The summed E-state index contributed by atoms with van der Waals surface area (Å²) in [5.74, 6) is -0.396. The van der Waals surface area contributed by atoms with E-state index in [-0.39, 0.29) is 6.54 Å². The van der Waals surface area contributed by atoms with Crippen LogP contribution >= 0.6 is 0 Å². The lowest BCUT2D eigenvalue weighted by Gasteiger charge is -2.03. The zero-order chi connectivity index (χ0) is 8.69. The predicted octanol–water partition coefficient (Wildman–Crippen LogP) is -0.0228. The van der Waals surface area contributed by atoms with Crippen molar-refractivity contribution in [1.29, 1.82) is 0 Å². The van der Waals surface area contributed by atoms with E-state index >= 15 is 0 Å². The highest BCUT2D eigenvalue weighted by atomic mass is 19.3. The number of likely N-dealkylation sites (N-methyl/N-ethyl adjacent to an activating group) is 1. The van der Waals surface area contributed by atoms with Gasteiger partial charge < -0.3 is 10.6 Å². The zero-order valence-electron chi connectivity index (χ0n) is 6.36. The number of carbonyl (C=O) groups excluding carboxylic acids is 1. The highest BCUT2D eigenvalue weighted by molar-refractivity contribution is 5.77. The van der Waals surface area contributed by atoms with Crippen molar-refractivity contribution in [3.8, 4) is 0 Å². The van der Waals surface area contributed by atoms with Gasteiger partial charge in [0, 0.05) is 0 Å². The van der Waals surface area contributed by atoms with Gasteiger partial charge in [-0.2, -0.15) is 0 Å². The summed E-state index contributed by atoms with van der Waals surface area (Å²) < 4.78 is 23.0. The van der Waals surface area contributed by atoms with E-state index in [4.69, 9.17) is 0 Å². The van der Waals surface area contributed by atoms with E-state index in [1.807, 2.05) is 6.92 Å². The number of hydrogen-bond donors (Lipinski definition) is 2. The standard InChI is InChI=1S/C6H12F2N2O/c1-2-9-4-6(11)10-3-5(7)8/h5,9H,2-4H2,1H3,(H,10,11). The Hall–Kier alpha value is -0.710. The van der Waals surface area contributed by atoms with Crippen molar-refractivity contribution in [2.24, 2.45) is 0 Å². The third-order valence-corrected chi connectivity index (χ3v) is 0.989. The molecule has 66 valence electrons. The van der Waals surface area contributed by atoms with Gasteiger partial charge in [0.2, 0.25) is 5.91 Å². The molecule has 2 N–H and O–H groups in total. The predicted molar refractivity (Wildman–Crippen MR) is 37.6 cm³/mol. The van der Waals surface area contributed by atoms with Crippen molar-refractivity contribution >= 4 is 5.91 Å². The molecule has 3 nitrogen and oxygen atoms in total. The number of amides is 1. The first-order valence-corrected chi connectivity index (χ1v) is 3.42. The fourth-order valence-corrected chi connectivity index (χ4v) is 0.492. The molecule has 0 atom stereocenters. The molecule has 0 aromatic rings. The van der Waals surface area contributed by atoms with Crippen LogP contribution < -0.4 is 10.6 Å². The van der Waals surface area contributed by atoms with Crippen LogP contribution in [-0.4, -0.2) is 32.0 Å². The van der Waals surface area contributed by atoms with Crippen LogP contribution in [0.25, 0.3) is 0 Å². The molecule has 5 heteroatoms. The first-order chi connectivity index (χ1) is 5.16. The summed E-state index contributed by atoms with van der Waals surface area (Å²) in [6.07, 6.45) is -2.47. The summed E-state index contributed by atoms with van der Waals surface area (Å²) >= 11 is 0. The number of carbonyl (C=O) groups is 1. The molecule has 0 saturated carbocycles. The van der Waals surface area contributed by atoms with Crippen molar-refractivity contribution in [2.45, 2.75) is 13.3 Å². The van der Waals surface area contributed by atoms with Crippen LogP contribution in [0.4, 0.5) is 8.78 Å². The number of rotatable bonds is 5. The summed E-state index contributed by atoms with van der Waals surface area (Å²) in [6.45, 7) is 2.02. The number of nitrogens with one attached hydrogen (secondary N) is 2. The van der Waals surface area contributed by atoms with Crippen LogP contribution in [0.15, 0.2) is 0 Å². The maximum Gasteiger partial charge on any atom is 0.255 e. The van der Waals surface area contributed by atoms with Gasteiger partial charge in [0.1, 0.15) is 0 Å². The molecule has 0 rings (SSSR count). The first-order valence-electron chi connectivity index (χ1n) is 3.42. The summed E-state index contributed by atoms with van der Waals surface area (Å²) in [6, 6.07) is 0. The van der Waals surface area contributed by atoms with Crippen molar-refractivity contribution in [1.82, 2.24) is 10.6 Å². The summed E-state index contributed by atoms with van der Waals surface area (Å²) in [4.78, 5) is 10.6. The molecule has 0 bridgehead atoms. The summed E-state index contributed by atoms with van der Waals surface area (Å²) in [5, 5.41) is 4.78. The largest absolute Gasteiger partial charge is 0.349 e. The van der Waals surface area contributed by atoms with Crippen molar-refractivity contribution in [2.75, 3.05) is 19.6 Å². The fraction of sp³-hybridized carbons (Fsp3) is 0.833. The van der Waals surface area contributed by atoms with E-state index in [0.717, 1.165) is 0 Å². The Bertz CT molecular complexity index is 119. The molecular formula is C6H12F2N2O. The third kappa shape index (κ3) is 7.18. The summed E-state index contributed by atoms with van der Waals surface area (Å²) in [5.41, 5.74) is 0. The molecule has 1 amide bonds. The third-order valence-electron chi connectivity index (χ3n) is 0.989. The number of alkyl halides is 2. The Labute approximate surface area is 64.2 Å². The quantitative estimate of drug-likeness (QED) is 0.602. The van der Waals surface area contributed by atoms with Gasteiger partial charge in [-0.1, -0.05) is 6.92 Å². The minimum atomic E-state index is -2.47. The van der Waals surface area contributed by atoms with Gasteiger partial charge in [-0.25, -0.2) is 8.78 Å². The Morgan fingerprint density at radius 2 is 2.18 bits per heavy atom. The first kappa shape index (κ1) is 10.3. The van der Waals surface area contributed by atoms with Crippen LogP contribution in [0.3, 0.4) is 0 Å². The average molecular weight is 166 g/mol. The lowest BCUT2D eigenvalue weighted by atomic mass is 10.5. The van der Waals surface area contributed by atoms with Gasteiger partial charge in [0.15, 0.2) is 0 Å². The van der Waals surface area contributed by atoms with Crippen molar-refractivity contribution in [3.63, 3.8) is 0 Å². The maximum absolute atomic E-state index is 11.5. The van der Waals surface area contributed by atoms with Crippen molar-refractivity contribution in [3.05, 3.63) is 0 Å². The van der Waals surface area contributed by atoms with Gasteiger partial charge >= 0.3 is 0 Å². The highest BCUT2D eigenvalue weighted by Crippen LogP contribution is 1.86. The Morgan fingerprint density at radius 1 is 1.55 bits per heavy atom.